The molecule has 0 spiro atoms. The van der Waals surface area contributed by atoms with Crippen LogP contribution in [0, 0.1) is 6.92 Å². The second-order valence-corrected chi connectivity index (χ2v) is 4.84. The highest BCUT2D eigenvalue weighted by atomic mass is 16.5. The first-order valence-electron chi connectivity index (χ1n) is 6.37. The number of carbonyl (C=O) groups excluding carboxylic acids is 1. The molecule has 0 saturated carbocycles. The highest BCUT2D eigenvalue weighted by molar-refractivity contribution is 5.95. The Labute approximate surface area is 111 Å². The number of amides is 1. The van der Waals surface area contributed by atoms with Crippen molar-refractivity contribution in [3.05, 3.63) is 47.6 Å². The summed E-state index contributed by atoms with van der Waals surface area (Å²) in [6.07, 6.45) is 2.22. The molecule has 19 heavy (non-hydrogen) atoms. The molecule has 98 valence electrons. The molecule has 0 bridgehead atoms. The summed E-state index contributed by atoms with van der Waals surface area (Å²) in [6.45, 7) is 3.36. The zero-order valence-corrected chi connectivity index (χ0v) is 10.7. The van der Waals surface area contributed by atoms with E-state index in [9.17, 15) is 4.79 Å². The van der Waals surface area contributed by atoms with Gasteiger partial charge in [0, 0.05) is 24.6 Å². The molecule has 0 radical (unpaired) electrons. The summed E-state index contributed by atoms with van der Waals surface area (Å²) in [5, 5.41) is 3.86. The van der Waals surface area contributed by atoms with Gasteiger partial charge in [-0.2, -0.15) is 4.98 Å². The Balaban J connectivity index is 1.75. The van der Waals surface area contributed by atoms with Crippen LogP contribution in [0.15, 0.2) is 35.2 Å². The number of hydrogen-bond donors (Lipinski definition) is 0. The second-order valence-electron chi connectivity index (χ2n) is 4.84. The molecule has 0 N–H and O–H groups in total. The van der Waals surface area contributed by atoms with E-state index >= 15 is 0 Å². The first-order valence-corrected chi connectivity index (χ1v) is 6.37. The topological polar surface area (TPSA) is 59.2 Å². The fourth-order valence-corrected chi connectivity index (χ4v) is 2.50. The molecular weight excluding hydrogens is 242 g/mol. The Hall–Kier alpha value is -2.17. The Morgan fingerprint density at radius 2 is 2.26 bits per heavy atom. The van der Waals surface area contributed by atoms with Crippen molar-refractivity contribution in [3.63, 3.8) is 0 Å². The fraction of sp³-hybridized carbons (Fsp3) is 0.357. The molecule has 1 saturated heterocycles. The van der Waals surface area contributed by atoms with Crippen LogP contribution in [0.2, 0.25) is 0 Å². The average Bonchev–Trinajstić information content (AvgIpc) is 3.09. The number of aromatic nitrogens is 2. The van der Waals surface area contributed by atoms with Crippen molar-refractivity contribution in [1.82, 2.24) is 15.0 Å². The predicted octanol–water partition coefficient (Wildman–Crippen LogP) is 2.01. The maximum atomic E-state index is 12.4. The first kappa shape index (κ1) is 11.9. The normalized spacial score (nSPS) is 18.8. The molecule has 1 amide bonds. The maximum absolute atomic E-state index is 12.4. The van der Waals surface area contributed by atoms with Crippen molar-refractivity contribution in [3.8, 4) is 0 Å². The molecule has 1 atom stereocenters. The minimum atomic E-state index is 0.0871. The van der Waals surface area contributed by atoms with Crippen LogP contribution in [-0.2, 0) is 0 Å². The third-order valence-electron chi connectivity index (χ3n) is 3.59. The smallest absolute Gasteiger partial charge is 0.254 e. The molecule has 1 aromatic heterocycles. The summed E-state index contributed by atoms with van der Waals surface area (Å²) in [7, 11) is 0. The summed E-state index contributed by atoms with van der Waals surface area (Å²) in [4.78, 5) is 18.4. The van der Waals surface area contributed by atoms with Gasteiger partial charge in [-0.25, -0.2) is 0 Å². The van der Waals surface area contributed by atoms with Gasteiger partial charge in [0.15, 0.2) is 5.82 Å². The van der Waals surface area contributed by atoms with Crippen LogP contribution in [0.25, 0.3) is 0 Å². The lowest BCUT2D eigenvalue weighted by atomic mass is 10.1. The lowest BCUT2D eigenvalue weighted by Crippen LogP contribution is -2.29. The predicted molar refractivity (Wildman–Crippen MR) is 68.7 cm³/mol. The van der Waals surface area contributed by atoms with Gasteiger partial charge in [-0.15, -0.1) is 0 Å². The molecule has 0 aliphatic carbocycles. The van der Waals surface area contributed by atoms with E-state index in [0.717, 1.165) is 24.1 Å². The molecule has 5 heteroatoms. The Morgan fingerprint density at radius 3 is 3.00 bits per heavy atom. The summed E-state index contributed by atoms with van der Waals surface area (Å²) >= 11 is 0. The molecule has 0 unspecified atom stereocenters. The largest absolute Gasteiger partial charge is 0.343 e. The fourth-order valence-electron chi connectivity index (χ4n) is 2.50. The van der Waals surface area contributed by atoms with E-state index < -0.39 is 0 Å². The van der Waals surface area contributed by atoms with Crippen LogP contribution in [0.4, 0.5) is 0 Å². The Morgan fingerprint density at radius 1 is 1.42 bits per heavy atom. The van der Waals surface area contributed by atoms with Crippen molar-refractivity contribution in [2.24, 2.45) is 0 Å². The summed E-state index contributed by atoms with van der Waals surface area (Å²) in [5.74, 6) is 0.968. The van der Waals surface area contributed by atoms with Crippen molar-refractivity contribution < 1.29 is 9.32 Å². The Bertz CT molecular complexity index is 580. The molecule has 2 aromatic rings. The van der Waals surface area contributed by atoms with Crippen LogP contribution >= 0.6 is 0 Å². The van der Waals surface area contributed by atoms with Crippen LogP contribution in [0.1, 0.15) is 34.1 Å². The molecule has 2 heterocycles. The maximum Gasteiger partial charge on any atom is 0.254 e. The average molecular weight is 257 g/mol. The number of rotatable bonds is 2. The zero-order valence-electron chi connectivity index (χ0n) is 10.7. The SMILES string of the molecule is Cc1ccccc1C(=O)N1CC[C@@H](c2ncon2)C1. The summed E-state index contributed by atoms with van der Waals surface area (Å²) in [5.41, 5.74) is 1.78. The second kappa shape index (κ2) is 4.84. The first-order chi connectivity index (χ1) is 9.25. The van der Waals surface area contributed by atoms with Gasteiger partial charge in [-0.3, -0.25) is 4.79 Å². The highest BCUT2D eigenvalue weighted by Gasteiger charge is 2.30. The van der Waals surface area contributed by atoms with Crippen molar-refractivity contribution in [2.75, 3.05) is 13.1 Å². The number of carbonyl (C=O) groups is 1. The van der Waals surface area contributed by atoms with Crippen LogP contribution < -0.4 is 0 Å². The van der Waals surface area contributed by atoms with E-state index in [1.54, 1.807) is 0 Å². The van der Waals surface area contributed by atoms with Gasteiger partial charge in [0.25, 0.3) is 5.91 Å². The number of likely N-dealkylation sites (tertiary alicyclic amines) is 1. The third-order valence-corrected chi connectivity index (χ3v) is 3.59. The third kappa shape index (κ3) is 2.23. The van der Waals surface area contributed by atoms with Gasteiger partial charge < -0.3 is 9.42 Å². The van der Waals surface area contributed by atoms with Gasteiger partial charge in [0.2, 0.25) is 6.39 Å². The monoisotopic (exact) mass is 257 g/mol. The van der Waals surface area contributed by atoms with Crippen LogP contribution in [-0.4, -0.2) is 34.0 Å². The van der Waals surface area contributed by atoms with Gasteiger partial charge in [-0.1, -0.05) is 23.4 Å². The van der Waals surface area contributed by atoms with Gasteiger partial charge in [0.1, 0.15) is 0 Å². The quantitative estimate of drug-likeness (QED) is 0.825. The van der Waals surface area contributed by atoms with Gasteiger partial charge in [0.05, 0.1) is 0 Å². The molecule has 3 rings (SSSR count). The van der Waals surface area contributed by atoms with Crippen molar-refractivity contribution in [1.29, 1.82) is 0 Å². The number of aryl methyl sites for hydroxylation is 1. The minimum Gasteiger partial charge on any atom is -0.343 e. The van der Waals surface area contributed by atoms with Gasteiger partial charge >= 0.3 is 0 Å². The number of hydrogen-bond acceptors (Lipinski definition) is 4. The Kier molecular flexibility index (Phi) is 3.03. The molecule has 1 fully saturated rings. The highest BCUT2D eigenvalue weighted by Crippen LogP contribution is 2.26. The molecule has 1 aliphatic heterocycles. The van der Waals surface area contributed by atoms with E-state index in [1.807, 2.05) is 36.1 Å². The van der Waals surface area contributed by atoms with E-state index in [2.05, 4.69) is 10.1 Å². The molecule has 1 aliphatic rings. The molecular formula is C14H15N3O2. The van der Waals surface area contributed by atoms with E-state index in [0.29, 0.717) is 12.4 Å². The standard InChI is InChI=1S/C14H15N3O2/c1-10-4-2-3-5-12(10)14(18)17-7-6-11(8-17)13-15-9-19-16-13/h2-5,9,11H,6-8H2,1H3/t11-/m1/s1. The summed E-state index contributed by atoms with van der Waals surface area (Å²) in [6, 6.07) is 7.67. The lowest BCUT2D eigenvalue weighted by molar-refractivity contribution is 0.0789. The van der Waals surface area contributed by atoms with Gasteiger partial charge in [-0.05, 0) is 25.0 Å². The molecule has 1 aromatic carbocycles. The van der Waals surface area contributed by atoms with E-state index in [1.165, 1.54) is 6.39 Å². The molecule has 5 nitrogen and oxygen atoms in total. The van der Waals surface area contributed by atoms with Crippen molar-refractivity contribution in [2.45, 2.75) is 19.3 Å². The summed E-state index contributed by atoms with van der Waals surface area (Å²) < 4.78 is 4.76. The minimum absolute atomic E-state index is 0.0871. The zero-order chi connectivity index (χ0) is 13.2. The van der Waals surface area contributed by atoms with Crippen molar-refractivity contribution >= 4 is 5.91 Å². The van der Waals surface area contributed by atoms with E-state index in [-0.39, 0.29) is 11.8 Å². The number of benzene rings is 1. The van der Waals surface area contributed by atoms with Crippen LogP contribution in [0.5, 0.6) is 0 Å². The van der Waals surface area contributed by atoms with Crippen LogP contribution in [0.3, 0.4) is 0 Å². The van der Waals surface area contributed by atoms with E-state index in [4.69, 9.17) is 4.52 Å². The lowest BCUT2D eigenvalue weighted by Gasteiger charge is -2.17. The number of nitrogens with zero attached hydrogens (tertiary/aromatic N) is 3.